The number of hydrogen-bond donors (Lipinski definition) is 0. The standard InChI is InChI=1S/C17H25N2/c1-5-18-10-11-19(15(18)4)13-17-9-7-6-8-16(17)12-14(2)3/h6-11,14H,5,12-13H2,1-4H3/q+1. The van der Waals surface area contributed by atoms with Gasteiger partial charge in [-0.1, -0.05) is 38.1 Å². The van der Waals surface area contributed by atoms with Gasteiger partial charge in [0.25, 0.3) is 5.82 Å². The van der Waals surface area contributed by atoms with Gasteiger partial charge in [0, 0.05) is 6.92 Å². The molecule has 2 nitrogen and oxygen atoms in total. The van der Waals surface area contributed by atoms with E-state index in [1.165, 1.54) is 17.0 Å². The molecule has 0 fully saturated rings. The minimum atomic E-state index is 0.701. The fourth-order valence-electron chi connectivity index (χ4n) is 2.58. The summed E-state index contributed by atoms with van der Waals surface area (Å²) in [5.41, 5.74) is 2.92. The molecule has 102 valence electrons. The summed E-state index contributed by atoms with van der Waals surface area (Å²) in [6, 6.07) is 8.82. The van der Waals surface area contributed by atoms with Crippen molar-refractivity contribution in [2.75, 3.05) is 0 Å². The van der Waals surface area contributed by atoms with Gasteiger partial charge in [0.1, 0.15) is 18.9 Å². The summed E-state index contributed by atoms with van der Waals surface area (Å²) >= 11 is 0. The van der Waals surface area contributed by atoms with Crippen LogP contribution in [0.3, 0.4) is 0 Å². The van der Waals surface area contributed by atoms with Crippen molar-refractivity contribution >= 4 is 0 Å². The average Bonchev–Trinajstić information content (AvgIpc) is 2.72. The van der Waals surface area contributed by atoms with Crippen LogP contribution in [0, 0.1) is 12.8 Å². The Hall–Kier alpha value is -1.57. The zero-order valence-electron chi connectivity index (χ0n) is 12.6. The second kappa shape index (κ2) is 6.05. The Balaban J connectivity index is 2.25. The number of aromatic nitrogens is 2. The van der Waals surface area contributed by atoms with E-state index in [2.05, 4.69) is 73.5 Å². The largest absolute Gasteiger partial charge is 0.253 e. The Bertz CT molecular complexity index is 538. The first-order valence-electron chi connectivity index (χ1n) is 7.23. The van der Waals surface area contributed by atoms with Crippen molar-refractivity contribution in [3.63, 3.8) is 0 Å². The molecule has 0 amide bonds. The molecule has 0 unspecified atom stereocenters. The highest BCUT2D eigenvalue weighted by Gasteiger charge is 2.13. The summed E-state index contributed by atoms with van der Waals surface area (Å²) in [6.07, 6.45) is 5.51. The Labute approximate surface area is 116 Å². The van der Waals surface area contributed by atoms with Gasteiger partial charge >= 0.3 is 0 Å². The number of benzene rings is 1. The highest BCUT2D eigenvalue weighted by molar-refractivity contribution is 5.26. The lowest BCUT2D eigenvalue weighted by Crippen LogP contribution is -2.36. The molecule has 1 aromatic carbocycles. The van der Waals surface area contributed by atoms with E-state index >= 15 is 0 Å². The van der Waals surface area contributed by atoms with Gasteiger partial charge in [-0.05, 0) is 30.4 Å². The van der Waals surface area contributed by atoms with Crippen molar-refractivity contribution in [3.8, 4) is 0 Å². The predicted octanol–water partition coefficient (Wildman–Crippen LogP) is 3.35. The summed E-state index contributed by atoms with van der Waals surface area (Å²) in [5.74, 6) is 2.02. The fraction of sp³-hybridized carbons (Fsp3) is 0.471. The lowest BCUT2D eigenvalue weighted by molar-refractivity contribution is -0.694. The van der Waals surface area contributed by atoms with Gasteiger partial charge in [-0.3, -0.25) is 0 Å². The van der Waals surface area contributed by atoms with E-state index in [1.807, 2.05) is 0 Å². The lowest BCUT2D eigenvalue weighted by Gasteiger charge is -2.10. The Morgan fingerprint density at radius 3 is 2.42 bits per heavy atom. The topological polar surface area (TPSA) is 8.81 Å². The van der Waals surface area contributed by atoms with Gasteiger partial charge in [-0.25, -0.2) is 9.13 Å². The first-order valence-corrected chi connectivity index (χ1v) is 7.23. The van der Waals surface area contributed by atoms with Crippen LogP contribution in [0.15, 0.2) is 36.7 Å². The lowest BCUT2D eigenvalue weighted by atomic mass is 9.98. The van der Waals surface area contributed by atoms with Gasteiger partial charge < -0.3 is 0 Å². The highest BCUT2D eigenvalue weighted by atomic mass is 15.1. The third-order valence-corrected chi connectivity index (χ3v) is 3.69. The van der Waals surface area contributed by atoms with Crippen LogP contribution < -0.4 is 4.57 Å². The zero-order chi connectivity index (χ0) is 13.8. The van der Waals surface area contributed by atoms with Crippen molar-refractivity contribution in [1.29, 1.82) is 0 Å². The van der Waals surface area contributed by atoms with Crippen LogP contribution in [-0.2, 0) is 19.5 Å². The van der Waals surface area contributed by atoms with Gasteiger partial charge in [0.2, 0.25) is 0 Å². The first kappa shape index (κ1) is 13.9. The highest BCUT2D eigenvalue weighted by Crippen LogP contribution is 2.14. The second-order valence-electron chi connectivity index (χ2n) is 5.63. The van der Waals surface area contributed by atoms with Crippen LogP contribution in [0.25, 0.3) is 0 Å². The van der Waals surface area contributed by atoms with Crippen LogP contribution >= 0.6 is 0 Å². The molecular formula is C17H25N2+. The molecule has 0 atom stereocenters. The number of rotatable bonds is 5. The molecule has 0 bridgehead atoms. The normalized spacial score (nSPS) is 11.2. The summed E-state index contributed by atoms with van der Waals surface area (Å²) < 4.78 is 4.62. The maximum atomic E-state index is 2.34. The summed E-state index contributed by atoms with van der Waals surface area (Å²) in [4.78, 5) is 0. The van der Waals surface area contributed by atoms with Crippen molar-refractivity contribution < 1.29 is 4.57 Å². The molecule has 0 radical (unpaired) electrons. The maximum absolute atomic E-state index is 2.34. The van der Waals surface area contributed by atoms with Crippen molar-refractivity contribution in [2.24, 2.45) is 5.92 Å². The molecule has 0 aliphatic heterocycles. The van der Waals surface area contributed by atoms with Gasteiger partial charge in [-0.15, -0.1) is 0 Å². The molecule has 1 aromatic heterocycles. The fourth-order valence-corrected chi connectivity index (χ4v) is 2.58. The molecule has 2 aromatic rings. The van der Waals surface area contributed by atoms with Crippen LogP contribution in [0.1, 0.15) is 37.7 Å². The summed E-state index contributed by atoms with van der Waals surface area (Å²) in [6.45, 7) is 10.9. The third-order valence-electron chi connectivity index (χ3n) is 3.69. The maximum Gasteiger partial charge on any atom is 0.253 e. The number of hydrogen-bond acceptors (Lipinski definition) is 0. The first-order chi connectivity index (χ1) is 9.11. The quantitative estimate of drug-likeness (QED) is 0.726. The minimum Gasteiger partial charge on any atom is -0.235 e. The number of imidazole rings is 1. The molecule has 0 aliphatic rings. The monoisotopic (exact) mass is 257 g/mol. The smallest absolute Gasteiger partial charge is 0.235 e. The summed E-state index contributed by atoms with van der Waals surface area (Å²) in [5, 5.41) is 0. The Morgan fingerprint density at radius 1 is 1.16 bits per heavy atom. The molecule has 19 heavy (non-hydrogen) atoms. The van der Waals surface area contributed by atoms with Crippen molar-refractivity contribution in [3.05, 3.63) is 53.6 Å². The van der Waals surface area contributed by atoms with Crippen LogP contribution in [0.5, 0.6) is 0 Å². The van der Waals surface area contributed by atoms with E-state index in [0.29, 0.717) is 5.92 Å². The number of nitrogens with zero attached hydrogens (tertiary/aromatic N) is 2. The molecule has 2 heteroatoms. The van der Waals surface area contributed by atoms with Crippen LogP contribution in [0.4, 0.5) is 0 Å². The minimum absolute atomic E-state index is 0.701. The molecule has 0 saturated carbocycles. The van der Waals surface area contributed by atoms with Crippen LogP contribution in [-0.4, -0.2) is 4.57 Å². The Kier molecular flexibility index (Phi) is 4.41. The Morgan fingerprint density at radius 2 is 1.84 bits per heavy atom. The molecule has 1 heterocycles. The van der Waals surface area contributed by atoms with Crippen molar-refractivity contribution in [2.45, 2.75) is 47.2 Å². The average molecular weight is 257 g/mol. The summed E-state index contributed by atoms with van der Waals surface area (Å²) in [7, 11) is 0. The van der Waals surface area contributed by atoms with Crippen LogP contribution in [0.2, 0.25) is 0 Å². The second-order valence-corrected chi connectivity index (χ2v) is 5.63. The van der Waals surface area contributed by atoms with E-state index in [1.54, 1.807) is 0 Å². The van der Waals surface area contributed by atoms with Gasteiger partial charge in [0.15, 0.2) is 0 Å². The van der Waals surface area contributed by atoms with Gasteiger partial charge in [0.05, 0.1) is 6.54 Å². The van der Waals surface area contributed by atoms with E-state index in [9.17, 15) is 0 Å². The van der Waals surface area contributed by atoms with E-state index < -0.39 is 0 Å². The molecule has 0 N–H and O–H groups in total. The molecule has 0 spiro atoms. The number of aryl methyl sites for hydroxylation is 1. The zero-order valence-corrected chi connectivity index (χ0v) is 12.6. The van der Waals surface area contributed by atoms with E-state index in [0.717, 1.165) is 19.5 Å². The van der Waals surface area contributed by atoms with Gasteiger partial charge in [-0.2, -0.15) is 0 Å². The van der Waals surface area contributed by atoms with E-state index in [4.69, 9.17) is 0 Å². The molecule has 0 saturated heterocycles. The SMILES string of the molecule is CCn1cc[n+](Cc2ccccc2CC(C)C)c1C. The van der Waals surface area contributed by atoms with E-state index in [-0.39, 0.29) is 0 Å². The molecular weight excluding hydrogens is 232 g/mol. The van der Waals surface area contributed by atoms with Crippen molar-refractivity contribution in [1.82, 2.24) is 4.57 Å². The third kappa shape index (κ3) is 3.25. The molecule has 2 rings (SSSR count). The predicted molar refractivity (Wildman–Crippen MR) is 79.1 cm³/mol. The molecule has 0 aliphatic carbocycles.